The Morgan fingerprint density at radius 1 is 0.556 bits per heavy atom. The van der Waals surface area contributed by atoms with Gasteiger partial charge in [0, 0.05) is 6.42 Å². The first-order valence-electron chi connectivity index (χ1n) is 15.7. The van der Waals surface area contributed by atoms with E-state index in [0.29, 0.717) is 37.4 Å². The molecule has 0 aliphatic rings. The Bertz CT molecular complexity index is 514. The van der Waals surface area contributed by atoms with Gasteiger partial charge in [0.15, 0.2) is 0 Å². The number of hydrogen-bond acceptors (Lipinski definition) is 4. The lowest BCUT2D eigenvalue weighted by Gasteiger charge is -2.31. The topological polar surface area (TPSA) is 52.6 Å². The molecule has 0 N–H and O–H groups in total. The Hall–Kier alpha value is -1.06. The average Bonchev–Trinajstić information content (AvgIpc) is 2.83. The Balaban J connectivity index is 4.07. The largest absolute Gasteiger partial charge is 0.466 e. The van der Waals surface area contributed by atoms with Gasteiger partial charge >= 0.3 is 11.9 Å². The van der Waals surface area contributed by atoms with Crippen LogP contribution in [0.4, 0.5) is 0 Å². The quantitative estimate of drug-likeness (QED) is 0.0906. The molecule has 0 saturated carbocycles. The van der Waals surface area contributed by atoms with Crippen LogP contribution in [-0.2, 0) is 19.1 Å². The van der Waals surface area contributed by atoms with Crippen LogP contribution in [0.25, 0.3) is 0 Å². The van der Waals surface area contributed by atoms with Gasteiger partial charge in [0.05, 0.1) is 19.1 Å². The van der Waals surface area contributed by atoms with Gasteiger partial charge in [-0.05, 0) is 43.4 Å². The van der Waals surface area contributed by atoms with Crippen molar-refractivity contribution in [2.75, 3.05) is 13.2 Å². The molecule has 0 saturated heterocycles. The smallest absolute Gasteiger partial charge is 0.309 e. The first-order valence-corrected chi connectivity index (χ1v) is 15.7. The summed E-state index contributed by atoms with van der Waals surface area (Å²) >= 11 is 0. The van der Waals surface area contributed by atoms with Gasteiger partial charge in [-0.1, -0.05) is 125 Å². The van der Waals surface area contributed by atoms with Crippen molar-refractivity contribution in [3.8, 4) is 0 Å². The summed E-state index contributed by atoms with van der Waals surface area (Å²) in [6.07, 6.45) is 20.2. The van der Waals surface area contributed by atoms with E-state index in [2.05, 4.69) is 41.5 Å². The van der Waals surface area contributed by atoms with E-state index in [-0.39, 0.29) is 17.9 Å². The zero-order chi connectivity index (χ0) is 27.0. The summed E-state index contributed by atoms with van der Waals surface area (Å²) in [4.78, 5) is 24.8. The van der Waals surface area contributed by atoms with Gasteiger partial charge in [-0.15, -0.1) is 0 Å². The summed E-state index contributed by atoms with van der Waals surface area (Å²) < 4.78 is 11.1. The Morgan fingerprint density at radius 2 is 1.03 bits per heavy atom. The lowest BCUT2D eigenvalue weighted by molar-refractivity contribution is -0.153. The number of hydrogen-bond donors (Lipinski definition) is 0. The lowest BCUT2D eigenvalue weighted by Crippen LogP contribution is -2.33. The summed E-state index contributed by atoms with van der Waals surface area (Å²) in [5, 5.41) is 0. The highest BCUT2D eigenvalue weighted by molar-refractivity contribution is 5.73. The first kappa shape index (κ1) is 34.9. The van der Waals surface area contributed by atoms with Gasteiger partial charge in [-0.2, -0.15) is 0 Å². The first-order chi connectivity index (χ1) is 17.3. The molecule has 0 aliphatic carbocycles. The fourth-order valence-corrected chi connectivity index (χ4v) is 5.16. The van der Waals surface area contributed by atoms with Crippen molar-refractivity contribution in [2.45, 2.75) is 157 Å². The minimum atomic E-state index is -0.0298. The Kier molecular flexibility index (Phi) is 23.6. The van der Waals surface area contributed by atoms with Crippen molar-refractivity contribution in [2.24, 2.45) is 23.7 Å². The molecule has 0 rings (SSSR count). The maximum absolute atomic E-state index is 12.9. The maximum atomic E-state index is 12.9. The zero-order valence-electron chi connectivity index (χ0n) is 25.1. The highest BCUT2D eigenvalue weighted by atomic mass is 16.5. The summed E-state index contributed by atoms with van der Waals surface area (Å²) in [6, 6.07) is 0. The fraction of sp³-hybridized carbons (Fsp3) is 0.938. The molecule has 0 fully saturated rings. The predicted molar refractivity (Wildman–Crippen MR) is 153 cm³/mol. The molecule has 0 amide bonds. The molecular weight excluding hydrogens is 448 g/mol. The molecule has 0 aliphatic heterocycles. The molecule has 36 heavy (non-hydrogen) atoms. The molecule has 2 unspecified atom stereocenters. The van der Waals surface area contributed by atoms with Crippen LogP contribution in [0, 0.1) is 23.7 Å². The summed E-state index contributed by atoms with van der Waals surface area (Å²) in [5.41, 5.74) is 0. The Labute approximate surface area is 225 Å². The van der Waals surface area contributed by atoms with E-state index in [1.807, 2.05) is 0 Å². The van der Waals surface area contributed by atoms with E-state index in [1.54, 1.807) is 0 Å². The number of carbonyl (C=O) groups excluding carboxylic acids is 2. The van der Waals surface area contributed by atoms with Crippen molar-refractivity contribution >= 4 is 11.9 Å². The highest BCUT2D eigenvalue weighted by Crippen LogP contribution is 2.33. The second kappa shape index (κ2) is 24.3. The van der Waals surface area contributed by atoms with E-state index in [9.17, 15) is 9.59 Å². The predicted octanol–water partition coefficient (Wildman–Crippen LogP) is 9.68. The molecule has 214 valence electrons. The van der Waals surface area contributed by atoms with Gasteiger partial charge in [0.2, 0.25) is 0 Å². The Morgan fingerprint density at radius 3 is 1.56 bits per heavy atom. The van der Waals surface area contributed by atoms with Crippen LogP contribution in [0.5, 0.6) is 0 Å². The fourth-order valence-electron chi connectivity index (χ4n) is 5.16. The molecule has 0 heterocycles. The SMILES string of the molecule is CCCCCCCOC(=O)CCCCCCCCC(C(C)C)C(C(=O)OCCCCCCC)C(C)C. The minimum Gasteiger partial charge on any atom is -0.466 e. The van der Waals surface area contributed by atoms with Crippen molar-refractivity contribution in [3.63, 3.8) is 0 Å². The molecule has 0 radical (unpaired) electrons. The minimum absolute atomic E-state index is 0.00158. The van der Waals surface area contributed by atoms with Crippen LogP contribution in [0.15, 0.2) is 0 Å². The molecule has 4 nitrogen and oxygen atoms in total. The van der Waals surface area contributed by atoms with E-state index >= 15 is 0 Å². The number of carbonyl (C=O) groups is 2. The molecule has 0 aromatic rings. The molecule has 2 atom stereocenters. The van der Waals surface area contributed by atoms with Gasteiger partial charge in [-0.3, -0.25) is 9.59 Å². The zero-order valence-corrected chi connectivity index (χ0v) is 25.1. The van der Waals surface area contributed by atoms with Crippen molar-refractivity contribution in [1.82, 2.24) is 0 Å². The third-order valence-electron chi connectivity index (χ3n) is 7.48. The van der Waals surface area contributed by atoms with E-state index in [1.165, 1.54) is 57.8 Å². The monoisotopic (exact) mass is 510 g/mol. The number of rotatable bonds is 25. The van der Waals surface area contributed by atoms with E-state index in [0.717, 1.165) is 51.4 Å². The molecule has 0 bridgehead atoms. The normalized spacial score (nSPS) is 13.2. The second-order valence-electron chi connectivity index (χ2n) is 11.6. The lowest BCUT2D eigenvalue weighted by atomic mass is 9.74. The van der Waals surface area contributed by atoms with Crippen molar-refractivity contribution < 1.29 is 19.1 Å². The van der Waals surface area contributed by atoms with Gasteiger partial charge in [0.1, 0.15) is 0 Å². The third-order valence-corrected chi connectivity index (χ3v) is 7.48. The number of esters is 2. The van der Waals surface area contributed by atoms with Gasteiger partial charge < -0.3 is 9.47 Å². The number of unbranched alkanes of at least 4 members (excludes halogenated alkanes) is 13. The second-order valence-corrected chi connectivity index (χ2v) is 11.6. The van der Waals surface area contributed by atoms with Gasteiger partial charge in [0.25, 0.3) is 0 Å². The molecule has 0 spiro atoms. The third kappa shape index (κ3) is 19.1. The average molecular weight is 511 g/mol. The van der Waals surface area contributed by atoms with Crippen molar-refractivity contribution in [1.29, 1.82) is 0 Å². The van der Waals surface area contributed by atoms with Crippen LogP contribution in [0.2, 0.25) is 0 Å². The highest BCUT2D eigenvalue weighted by Gasteiger charge is 2.33. The van der Waals surface area contributed by atoms with Crippen LogP contribution in [-0.4, -0.2) is 25.2 Å². The van der Waals surface area contributed by atoms with Crippen LogP contribution in [0.3, 0.4) is 0 Å². The summed E-state index contributed by atoms with van der Waals surface area (Å²) in [5.74, 6) is 1.16. The van der Waals surface area contributed by atoms with Crippen molar-refractivity contribution in [3.05, 3.63) is 0 Å². The van der Waals surface area contributed by atoms with E-state index < -0.39 is 0 Å². The van der Waals surface area contributed by atoms with Crippen LogP contribution in [0.1, 0.15) is 157 Å². The molecule has 0 aromatic heterocycles. The van der Waals surface area contributed by atoms with Gasteiger partial charge in [-0.25, -0.2) is 0 Å². The standard InChI is InChI=1S/C32H62O4/c1-7-9-11-17-21-25-35-30(33)24-20-16-14-13-15-19-23-29(27(3)4)31(28(5)6)32(34)36-26-22-18-12-10-8-2/h27-29,31H,7-26H2,1-6H3. The summed E-state index contributed by atoms with van der Waals surface area (Å²) in [7, 11) is 0. The maximum Gasteiger partial charge on any atom is 0.309 e. The summed E-state index contributed by atoms with van der Waals surface area (Å²) in [6.45, 7) is 14.4. The van der Waals surface area contributed by atoms with Crippen LogP contribution < -0.4 is 0 Å². The van der Waals surface area contributed by atoms with E-state index in [4.69, 9.17) is 9.47 Å². The molecular formula is C32H62O4. The molecule has 0 aromatic carbocycles. The van der Waals surface area contributed by atoms with Crippen LogP contribution >= 0.6 is 0 Å². The molecule has 4 heteroatoms. The number of ether oxygens (including phenoxy) is 2.